The van der Waals surface area contributed by atoms with Gasteiger partial charge < -0.3 is 20.6 Å². The van der Waals surface area contributed by atoms with E-state index in [4.69, 9.17) is 0 Å². The molecule has 0 aliphatic carbocycles. The number of rotatable bonds is 4. The number of halogens is 1. The van der Waals surface area contributed by atoms with Crippen LogP contribution in [0.25, 0.3) is 0 Å². The highest BCUT2D eigenvalue weighted by molar-refractivity contribution is 5.85. The molecule has 5 nitrogen and oxygen atoms in total. The van der Waals surface area contributed by atoms with Gasteiger partial charge in [0.15, 0.2) is 11.5 Å². The van der Waals surface area contributed by atoms with Gasteiger partial charge in [-0.2, -0.15) is 0 Å². The van der Waals surface area contributed by atoms with Crippen molar-refractivity contribution in [3.05, 3.63) is 23.8 Å². The van der Waals surface area contributed by atoms with Crippen molar-refractivity contribution >= 4 is 12.4 Å². The molecule has 1 fully saturated rings. The molecule has 108 valence electrons. The second-order valence-electron chi connectivity index (χ2n) is 4.56. The van der Waals surface area contributed by atoms with Crippen LogP contribution in [0, 0.1) is 0 Å². The molecule has 4 N–H and O–H groups in total. The van der Waals surface area contributed by atoms with E-state index in [-0.39, 0.29) is 36.6 Å². The van der Waals surface area contributed by atoms with Crippen molar-refractivity contribution in [2.75, 3.05) is 32.8 Å². The Morgan fingerprint density at radius 2 is 1.84 bits per heavy atom. The second-order valence-corrected chi connectivity index (χ2v) is 4.56. The molecule has 1 heterocycles. The monoisotopic (exact) mass is 288 g/mol. The molecule has 0 saturated carbocycles. The van der Waals surface area contributed by atoms with Crippen LogP contribution in [0.2, 0.25) is 0 Å². The molecule has 0 amide bonds. The van der Waals surface area contributed by atoms with Crippen LogP contribution in [-0.2, 0) is 0 Å². The van der Waals surface area contributed by atoms with Crippen LogP contribution in [-0.4, -0.2) is 53.0 Å². The molecule has 0 radical (unpaired) electrons. The van der Waals surface area contributed by atoms with Gasteiger partial charge in [0.1, 0.15) is 0 Å². The van der Waals surface area contributed by atoms with Gasteiger partial charge in [0, 0.05) is 38.8 Å². The summed E-state index contributed by atoms with van der Waals surface area (Å²) in [7, 11) is 0. The minimum Gasteiger partial charge on any atom is -0.504 e. The molecule has 19 heavy (non-hydrogen) atoms. The Morgan fingerprint density at radius 1 is 1.16 bits per heavy atom. The number of phenolic OH excluding ortho intramolecular Hbond substituents is 2. The van der Waals surface area contributed by atoms with Crippen molar-refractivity contribution in [3.63, 3.8) is 0 Å². The fraction of sp³-hybridized carbons (Fsp3) is 0.538. The Labute approximate surface area is 119 Å². The van der Waals surface area contributed by atoms with Gasteiger partial charge in [0.2, 0.25) is 0 Å². The van der Waals surface area contributed by atoms with Crippen LogP contribution in [0.15, 0.2) is 18.2 Å². The van der Waals surface area contributed by atoms with Gasteiger partial charge in [-0.25, -0.2) is 0 Å². The number of aromatic hydroxyl groups is 2. The maximum Gasteiger partial charge on any atom is 0.157 e. The largest absolute Gasteiger partial charge is 0.504 e. The first-order valence-electron chi connectivity index (χ1n) is 6.30. The number of nitrogens with zero attached hydrogens (tertiary/aromatic N) is 1. The molecule has 0 bridgehead atoms. The molecule has 0 unspecified atom stereocenters. The molecule has 6 heteroatoms. The van der Waals surface area contributed by atoms with Crippen LogP contribution in [0.1, 0.15) is 18.0 Å². The van der Waals surface area contributed by atoms with E-state index >= 15 is 0 Å². The molecule has 2 rings (SSSR count). The van der Waals surface area contributed by atoms with E-state index in [1.165, 1.54) is 6.07 Å². The number of nitrogens with one attached hydrogen (secondary N) is 1. The van der Waals surface area contributed by atoms with Crippen molar-refractivity contribution in [2.45, 2.75) is 12.5 Å². The lowest BCUT2D eigenvalue weighted by molar-refractivity contribution is 0.141. The van der Waals surface area contributed by atoms with Gasteiger partial charge in [0.25, 0.3) is 0 Å². The molecular weight excluding hydrogens is 268 g/mol. The average molecular weight is 289 g/mol. The zero-order valence-corrected chi connectivity index (χ0v) is 11.6. The Morgan fingerprint density at radius 3 is 2.42 bits per heavy atom. The summed E-state index contributed by atoms with van der Waals surface area (Å²) in [6.45, 7) is 3.83. The molecule has 0 spiro atoms. The number of benzene rings is 1. The van der Waals surface area contributed by atoms with Gasteiger partial charge in [-0.1, -0.05) is 6.07 Å². The average Bonchev–Trinajstić information content (AvgIpc) is 2.40. The summed E-state index contributed by atoms with van der Waals surface area (Å²) in [5.41, 5.74) is 0.932. The standard InChI is InChI=1S/C13H20N2O3.ClH/c16-8-3-11(15-6-4-14-5-7-15)10-1-2-12(17)13(18)9-10;/h1-2,9,11,14,16-18H,3-8H2;1H/t11-;/m1./s1. The van der Waals surface area contributed by atoms with E-state index in [0.717, 1.165) is 31.7 Å². The van der Waals surface area contributed by atoms with Crippen molar-refractivity contribution < 1.29 is 15.3 Å². The lowest BCUT2D eigenvalue weighted by Crippen LogP contribution is -2.45. The maximum atomic E-state index is 9.57. The number of hydrogen-bond acceptors (Lipinski definition) is 5. The predicted molar refractivity (Wildman–Crippen MR) is 75.9 cm³/mol. The van der Waals surface area contributed by atoms with E-state index < -0.39 is 0 Å². The third-order valence-corrected chi connectivity index (χ3v) is 3.38. The van der Waals surface area contributed by atoms with E-state index in [1.54, 1.807) is 12.1 Å². The fourth-order valence-electron chi connectivity index (χ4n) is 2.42. The van der Waals surface area contributed by atoms with Crippen LogP contribution in [0.3, 0.4) is 0 Å². The summed E-state index contributed by atoms with van der Waals surface area (Å²) in [5, 5.41) is 31.4. The third-order valence-electron chi connectivity index (χ3n) is 3.38. The molecular formula is C13H21ClN2O3. The van der Waals surface area contributed by atoms with Gasteiger partial charge in [-0.3, -0.25) is 4.90 Å². The first-order chi connectivity index (χ1) is 8.72. The zero-order valence-electron chi connectivity index (χ0n) is 10.7. The SMILES string of the molecule is Cl.OCC[C@H](c1ccc(O)c(O)c1)N1CCNCC1. The third kappa shape index (κ3) is 3.98. The van der Waals surface area contributed by atoms with Crippen molar-refractivity contribution in [1.29, 1.82) is 0 Å². The van der Waals surface area contributed by atoms with Crippen LogP contribution < -0.4 is 5.32 Å². The Kier molecular flexibility index (Phi) is 6.37. The number of hydrogen-bond donors (Lipinski definition) is 4. The highest BCUT2D eigenvalue weighted by atomic mass is 35.5. The smallest absolute Gasteiger partial charge is 0.157 e. The highest BCUT2D eigenvalue weighted by Gasteiger charge is 2.22. The predicted octanol–water partition coefficient (Wildman–Crippen LogP) is 0.848. The molecule has 1 aliphatic heterocycles. The summed E-state index contributed by atoms with van der Waals surface area (Å²) in [6.07, 6.45) is 0.629. The fourth-order valence-corrected chi connectivity index (χ4v) is 2.42. The minimum absolute atomic E-state index is 0. The first kappa shape index (κ1) is 16.0. The van der Waals surface area contributed by atoms with Crippen LogP contribution >= 0.6 is 12.4 Å². The normalized spacial score (nSPS) is 17.7. The zero-order chi connectivity index (χ0) is 13.0. The van der Waals surface area contributed by atoms with Crippen molar-refractivity contribution in [2.24, 2.45) is 0 Å². The van der Waals surface area contributed by atoms with Gasteiger partial charge in [-0.15, -0.1) is 12.4 Å². The summed E-state index contributed by atoms with van der Waals surface area (Å²) >= 11 is 0. The molecule has 1 aliphatic rings. The molecule has 1 atom stereocenters. The number of aliphatic hydroxyl groups excluding tert-OH is 1. The quantitative estimate of drug-likeness (QED) is 0.618. The lowest BCUT2D eigenvalue weighted by Gasteiger charge is -2.35. The number of phenols is 2. The van der Waals surface area contributed by atoms with Gasteiger partial charge >= 0.3 is 0 Å². The Hall–Kier alpha value is -1.01. The topological polar surface area (TPSA) is 76.0 Å². The number of aliphatic hydroxyl groups is 1. The summed E-state index contributed by atoms with van der Waals surface area (Å²) in [5.74, 6) is -0.215. The van der Waals surface area contributed by atoms with E-state index in [0.29, 0.717) is 6.42 Å². The summed E-state index contributed by atoms with van der Waals surface area (Å²) < 4.78 is 0. The molecule has 1 aromatic carbocycles. The van der Waals surface area contributed by atoms with Gasteiger partial charge in [0.05, 0.1) is 0 Å². The summed E-state index contributed by atoms with van der Waals surface area (Å²) in [4.78, 5) is 2.29. The maximum absolute atomic E-state index is 9.57. The van der Waals surface area contributed by atoms with Gasteiger partial charge in [-0.05, 0) is 24.1 Å². The highest BCUT2D eigenvalue weighted by Crippen LogP contribution is 2.31. The van der Waals surface area contributed by atoms with E-state index in [1.807, 2.05) is 0 Å². The summed E-state index contributed by atoms with van der Waals surface area (Å²) in [6, 6.07) is 4.97. The molecule has 1 aromatic rings. The minimum atomic E-state index is -0.109. The number of piperazine rings is 1. The molecule has 0 aromatic heterocycles. The van der Waals surface area contributed by atoms with Crippen LogP contribution in [0.5, 0.6) is 11.5 Å². The first-order valence-corrected chi connectivity index (χ1v) is 6.30. The van der Waals surface area contributed by atoms with Crippen molar-refractivity contribution in [3.8, 4) is 11.5 Å². The Bertz CT molecular complexity index is 397. The van der Waals surface area contributed by atoms with Crippen molar-refractivity contribution in [1.82, 2.24) is 10.2 Å². The second kappa shape index (κ2) is 7.55. The Balaban J connectivity index is 0.00000180. The van der Waals surface area contributed by atoms with E-state index in [9.17, 15) is 15.3 Å². The molecule has 1 saturated heterocycles. The van der Waals surface area contributed by atoms with Crippen LogP contribution in [0.4, 0.5) is 0 Å². The lowest BCUT2D eigenvalue weighted by atomic mass is 10.0. The van der Waals surface area contributed by atoms with E-state index in [2.05, 4.69) is 10.2 Å².